The van der Waals surface area contributed by atoms with Crippen LogP contribution in [0.15, 0.2) is 23.1 Å². The molecule has 1 atom stereocenters. The van der Waals surface area contributed by atoms with Gasteiger partial charge in [-0.3, -0.25) is 0 Å². The SMILES string of the molecule is Cc1ccc(S(=O)(=O)NCCS(=O)(=O)N2CCOCC2C)c(C)c1. The summed E-state index contributed by atoms with van der Waals surface area (Å²) in [5.74, 6) is -0.276. The van der Waals surface area contributed by atoms with Crippen LogP contribution in [0.2, 0.25) is 0 Å². The molecule has 1 fully saturated rings. The molecule has 0 spiro atoms. The highest BCUT2D eigenvalue weighted by molar-refractivity contribution is 7.90. The number of aryl methyl sites for hydroxylation is 2. The van der Waals surface area contributed by atoms with Crippen LogP contribution < -0.4 is 4.72 Å². The van der Waals surface area contributed by atoms with Gasteiger partial charge in [-0.15, -0.1) is 0 Å². The first-order chi connectivity index (χ1) is 11.1. The molecule has 1 aromatic carbocycles. The van der Waals surface area contributed by atoms with Crippen LogP contribution in [0.3, 0.4) is 0 Å². The number of morpholine rings is 1. The monoisotopic (exact) mass is 376 g/mol. The molecule has 0 bridgehead atoms. The van der Waals surface area contributed by atoms with Crippen molar-refractivity contribution in [3.05, 3.63) is 29.3 Å². The van der Waals surface area contributed by atoms with E-state index in [0.717, 1.165) is 5.56 Å². The standard InChI is InChI=1S/C15H24N2O5S2/c1-12-4-5-15(13(2)10-12)24(20,21)16-6-9-23(18,19)17-7-8-22-11-14(17)3/h4-5,10,14,16H,6-9,11H2,1-3H3. The Balaban J connectivity index is 2.02. The molecule has 0 amide bonds. The maximum absolute atomic E-state index is 12.4. The zero-order chi connectivity index (χ0) is 18.0. The topological polar surface area (TPSA) is 92.8 Å². The second-order valence-corrected chi connectivity index (χ2v) is 9.79. The predicted molar refractivity (Wildman–Crippen MR) is 91.9 cm³/mol. The average Bonchev–Trinajstić information content (AvgIpc) is 2.46. The lowest BCUT2D eigenvalue weighted by Gasteiger charge is -2.32. The second-order valence-electron chi connectivity index (χ2n) is 6.02. The van der Waals surface area contributed by atoms with Gasteiger partial charge in [0, 0.05) is 19.1 Å². The Bertz CT molecular complexity index is 790. The zero-order valence-corrected chi connectivity index (χ0v) is 15.8. The van der Waals surface area contributed by atoms with E-state index in [4.69, 9.17) is 4.74 Å². The van der Waals surface area contributed by atoms with Crippen LogP contribution in [0.25, 0.3) is 0 Å². The molecule has 1 aromatic rings. The zero-order valence-electron chi connectivity index (χ0n) is 14.1. The molecule has 24 heavy (non-hydrogen) atoms. The first-order valence-electron chi connectivity index (χ1n) is 7.78. The van der Waals surface area contributed by atoms with Crippen LogP contribution in [0.1, 0.15) is 18.1 Å². The van der Waals surface area contributed by atoms with E-state index in [1.807, 2.05) is 6.92 Å². The molecule has 136 valence electrons. The highest BCUT2D eigenvalue weighted by Gasteiger charge is 2.30. The van der Waals surface area contributed by atoms with Crippen LogP contribution in [-0.2, 0) is 24.8 Å². The molecule has 1 unspecified atom stereocenters. The molecular formula is C15H24N2O5S2. The normalized spacial score (nSPS) is 20.2. The van der Waals surface area contributed by atoms with Crippen molar-refractivity contribution in [2.24, 2.45) is 0 Å². The minimum atomic E-state index is -3.73. The van der Waals surface area contributed by atoms with Crippen LogP contribution in [0, 0.1) is 13.8 Å². The van der Waals surface area contributed by atoms with Crippen molar-refractivity contribution < 1.29 is 21.6 Å². The maximum atomic E-state index is 12.4. The number of hydrogen-bond acceptors (Lipinski definition) is 5. The van der Waals surface area contributed by atoms with Crippen molar-refractivity contribution in [3.63, 3.8) is 0 Å². The molecule has 1 aliphatic rings. The highest BCUT2D eigenvalue weighted by Crippen LogP contribution is 2.16. The summed E-state index contributed by atoms with van der Waals surface area (Å²) >= 11 is 0. The Kier molecular flexibility index (Phi) is 6.03. The molecular weight excluding hydrogens is 352 g/mol. The second kappa shape index (κ2) is 7.49. The van der Waals surface area contributed by atoms with Gasteiger partial charge in [0.2, 0.25) is 20.0 Å². The third-order valence-corrected chi connectivity index (χ3v) is 7.53. The van der Waals surface area contributed by atoms with Crippen LogP contribution >= 0.6 is 0 Å². The van der Waals surface area contributed by atoms with Crippen molar-refractivity contribution in [3.8, 4) is 0 Å². The van der Waals surface area contributed by atoms with Crippen molar-refractivity contribution in [2.75, 3.05) is 32.1 Å². The average molecular weight is 377 g/mol. The van der Waals surface area contributed by atoms with Gasteiger partial charge in [0.05, 0.1) is 23.9 Å². The maximum Gasteiger partial charge on any atom is 0.240 e. The van der Waals surface area contributed by atoms with Gasteiger partial charge < -0.3 is 4.74 Å². The Morgan fingerprint density at radius 3 is 2.58 bits per heavy atom. The van der Waals surface area contributed by atoms with Crippen LogP contribution in [-0.4, -0.2) is 59.2 Å². The summed E-state index contributed by atoms with van der Waals surface area (Å²) in [6.07, 6.45) is 0. The fourth-order valence-electron chi connectivity index (χ4n) is 2.73. The lowest BCUT2D eigenvalue weighted by atomic mass is 10.2. The number of nitrogens with one attached hydrogen (secondary N) is 1. The van der Waals surface area contributed by atoms with E-state index < -0.39 is 20.0 Å². The van der Waals surface area contributed by atoms with Crippen molar-refractivity contribution in [1.82, 2.24) is 9.03 Å². The molecule has 7 nitrogen and oxygen atoms in total. The number of ether oxygens (including phenoxy) is 1. The smallest absolute Gasteiger partial charge is 0.240 e. The molecule has 0 saturated carbocycles. The van der Waals surface area contributed by atoms with Gasteiger partial charge >= 0.3 is 0 Å². The Morgan fingerprint density at radius 1 is 1.25 bits per heavy atom. The number of sulfonamides is 2. The molecule has 2 rings (SSSR count). The summed E-state index contributed by atoms with van der Waals surface area (Å²) in [6, 6.07) is 4.79. The van der Waals surface area contributed by atoms with Crippen LogP contribution in [0.5, 0.6) is 0 Å². The summed E-state index contributed by atoms with van der Waals surface area (Å²) in [5.41, 5.74) is 1.60. The van der Waals surface area contributed by atoms with Gasteiger partial charge in [-0.1, -0.05) is 17.7 Å². The van der Waals surface area contributed by atoms with Gasteiger partial charge in [-0.25, -0.2) is 21.6 Å². The molecule has 1 aliphatic heterocycles. The van der Waals surface area contributed by atoms with E-state index in [2.05, 4.69) is 4.72 Å². The first kappa shape index (κ1) is 19.3. The third kappa shape index (κ3) is 4.54. The highest BCUT2D eigenvalue weighted by atomic mass is 32.2. The summed E-state index contributed by atoms with van der Waals surface area (Å²) < 4.78 is 58.4. The van der Waals surface area contributed by atoms with Gasteiger partial charge in [-0.05, 0) is 32.4 Å². The lowest BCUT2D eigenvalue weighted by Crippen LogP contribution is -2.49. The van der Waals surface area contributed by atoms with E-state index in [1.165, 1.54) is 10.4 Å². The van der Waals surface area contributed by atoms with Crippen molar-refractivity contribution in [2.45, 2.75) is 31.7 Å². The summed E-state index contributed by atoms with van der Waals surface area (Å²) in [5, 5.41) is 0. The van der Waals surface area contributed by atoms with Crippen LogP contribution in [0.4, 0.5) is 0 Å². The Labute approximate surface area is 144 Å². The summed E-state index contributed by atoms with van der Waals surface area (Å²) in [4.78, 5) is 0.172. The Morgan fingerprint density at radius 2 is 1.96 bits per heavy atom. The third-order valence-electron chi connectivity index (χ3n) is 3.94. The molecule has 1 heterocycles. The van der Waals surface area contributed by atoms with Crippen molar-refractivity contribution in [1.29, 1.82) is 0 Å². The number of benzene rings is 1. The van der Waals surface area contributed by atoms with Gasteiger partial charge in [0.15, 0.2) is 0 Å². The van der Waals surface area contributed by atoms with E-state index >= 15 is 0 Å². The van der Waals surface area contributed by atoms with Crippen molar-refractivity contribution >= 4 is 20.0 Å². The molecule has 9 heteroatoms. The van der Waals surface area contributed by atoms with E-state index in [-0.39, 0.29) is 23.2 Å². The molecule has 0 radical (unpaired) electrons. The number of rotatable bonds is 6. The summed E-state index contributed by atoms with van der Waals surface area (Å²) in [6.45, 7) is 6.22. The fourth-order valence-corrected chi connectivity index (χ4v) is 5.67. The van der Waals surface area contributed by atoms with Gasteiger partial charge in [0.1, 0.15) is 0 Å². The van der Waals surface area contributed by atoms with Gasteiger partial charge in [0.25, 0.3) is 0 Å². The quantitative estimate of drug-likeness (QED) is 0.786. The molecule has 1 saturated heterocycles. The van der Waals surface area contributed by atoms with E-state index in [9.17, 15) is 16.8 Å². The summed E-state index contributed by atoms with van der Waals surface area (Å²) in [7, 11) is -7.26. The molecule has 0 aromatic heterocycles. The minimum Gasteiger partial charge on any atom is -0.378 e. The Hall–Kier alpha value is -1.00. The van der Waals surface area contributed by atoms with Gasteiger partial charge in [-0.2, -0.15) is 4.31 Å². The van der Waals surface area contributed by atoms with E-state index in [1.54, 1.807) is 26.0 Å². The van der Waals surface area contributed by atoms with E-state index in [0.29, 0.717) is 25.3 Å². The fraction of sp³-hybridized carbons (Fsp3) is 0.600. The molecule has 0 aliphatic carbocycles. The lowest BCUT2D eigenvalue weighted by molar-refractivity contribution is 0.0393. The largest absolute Gasteiger partial charge is 0.378 e. The number of hydrogen-bond donors (Lipinski definition) is 1. The number of nitrogens with zero attached hydrogens (tertiary/aromatic N) is 1. The predicted octanol–water partition coefficient (Wildman–Crippen LogP) is 0.632. The first-order valence-corrected chi connectivity index (χ1v) is 10.9. The molecule has 1 N–H and O–H groups in total. The minimum absolute atomic E-state index is 0.165.